The largest absolute Gasteiger partial charge is 0.587 e. The molecule has 0 saturated carbocycles. The zero-order chi connectivity index (χ0) is 14.6. The van der Waals surface area contributed by atoms with Crippen LogP contribution in [0.15, 0.2) is 54.6 Å². The molecule has 5 nitrogen and oxygen atoms in total. The molecule has 1 N–H and O–H groups in total. The molecular formula is C14H13O5P. The number of hydrogen-bond donors (Lipinski definition) is 1. The first-order chi connectivity index (χ1) is 9.46. The molecule has 2 aromatic carbocycles. The lowest BCUT2D eigenvalue weighted by molar-refractivity contribution is 0.0683. The summed E-state index contributed by atoms with van der Waals surface area (Å²) in [5, 5.41) is 0. The second-order valence-corrected chi connectivity index (χ2v) is 5.42. The van der Waals surface area contributed by atoms with E-state index in [2.05, 4.69) is 4.52 Å². The van der Waals surface area contributed by atoms with Crippen LogP contribution in [0.2, 0.25) is 0 Å². The second-order valence-electron chi connectivity index (χ2n) is 4.12. The monoisotopic (exact) mass is 292 g/mol. The van der Waals surface area contributed by atoms with Crippen molar-refractivity contribution in [1.29, 1.82) is 0 Å². The Morgan fingerprint density at radius 1 is 1.10 bits per heavy atom. The molecule has 104 valence electrons. The first-order valence-electron chi connectivity index (χ1n) is 5.84. The fraction of sp³-hybridized carbons (Fsp3) is 0.0714. The molecule has 0 spiro atoms. The van der Waals surface area contributed by atoms with Gasteiger partial charge in [-0.1, -0.05) is 35.9 Å². The van der Waals surface area contributed by atoms with Gasteiger partial charge >= 0.3 is 13.8 Å². The molecular weight excluding hydrogens is 279 g/mol. The minimum Gasteiger partial charge on any atom is -0.395 e. The molecule has 0 radical (unpaired) electrons. The summed E-state index contributed by atoms with van der Waals surface area (Å²) in [5.41, 5.74) is 1.03. The van der Waals surface area contributed by atoms with E-state index in [1.807, 2.05) is 0 Å². The van der Waals surface area contributed by atoms with Crippen molar-refractivity contribution in [2.75, 3.05) is 0 Å². The van der Waals surface area contributed by atoms with Crippen molar-refractivity contribution in [1.82, 2.24) is 0 Å². The van der Waals surface area contributed by atoms with E-state index in [0.29, 0.717) is 0 Å². The van der Waals surface area contributed by atoms with E-state index < -0.39 is 13.8 Å². The highest BCUT2D eigenvalue weighted by molar-refractivity contribution is 7.48. The van der Waals surface area contributed by atoms with Gasteiger partial charge in [0.25, 0.3) is 0 Å². The summed E-state index contributed by atoms with van der Waals surface area (Å²) in [5.74, 6) is -0.758. The highest BCUT2D eigenvalue weighted by Crippen LogP contribution is 2.44. The van der Waals surface area contributed by atoms with Crippen molar-refractivity contribution >= 4 is 13.8 Å². The topological polar surface area (TPSA) is 72.8 Å². The zero-order valence-electron chi connectivity index (χ0n) is 10.7. The van der Waals surface area contributed by atoms with Crippen LogP contribution in [0.3, 0.4) is 0 Å². The van der Waals surface area contributed by atoms with E-state index in [-0.39, 0.29) is 11.3 Å². The van der Waals surface area contributed by atoms with E-state index in [1.54, 1.807) is 43.3 Å². The predicted octanol–water partition coefficient (Wildman–Crippen LogP) is 3.33. The maximum Gasteiger partial charge on any atom is 0.587 e. The number of benzene rings is 2. The first kappa shape index (κ1) is 14.3. The number of carbonyl (C=O) groups excluding carboxylic acids is 1. The fourth-order valence-electron chi connectivity index (χ4n) is 1.56. The van der Waals surface area contributed by atoms with Gasteiger partial charge in [-0.3, -0.25) is 4.89 Å². The molecule has 0 aliphatic carbocycles. The van der Waals surface area contributed by atoms with Gasteiger partial charge in [0.15, 0.2) is 0 Å². The van der Waals surface area contributed by atoms with Gasteiger partial charge in [-0.25, -0.2) is 9.36 Å². The maximum absolute atomic E-state index is 11.8. The Bertz CT molecular complexity index is 654. The molecule has 0 aliphatic heterocycles. The van der Waals surface area contributed by atoms with Gasteiger partial charge in [0, 0.05) is 0 Å². The van der Waals surface area contributed by atoms with Crippen LogP contribution in [0.25, 0.3) is 0 Å². The van der Waals surface area contributed by atoms with Crippen LogP contribution in [-0.4, -0.2) is 10.9 Å². The Hall–Kier alpha value is -2.10. The lowest BCUT2D eigenvalue weighted by Crippen LogP contribution is -2.06. The van der Waals surface area contributed by atoms with Crippen LogP contribution in [0.4, 0.5) is 0 Å². The molecule has 6 heteroatoms. The number of phosphoric ester groups is 1. The Balaban J connectivity index is 2.08. The number of aryl methyl sites for hydroxylation is 1. The summed E-state index contributed by atoms with van der Waals surface area (Å²) in [6.07, 6.45) is 0. The third-order valence-corrected chi connectivity index (χ3v) is 3.25. The predicted molar refractivity (Wildman–Crippen MR) is 73.5 cm³/mol. The lowest BCUT2D eigenvalue weighted by Gasteiger charge is -2.12. The van der Waals surface area contributed by atoms with Crippen LogP contribution in [-0.2, 0) is 9.09 Å². The van der Waals surface area contributed by atoms with Gasteiger partial charge in [-0.05, 0) is 31.2 Å². The van der Waals surface area contributed by atoms with Crippen molar-refractivity contribution in [2.24, 2.45) is 0 Å². The maximum atomic E-state index is 11.8. The molecule has 0 amide bonds. The quantitative estimate of drug-likeness (QED) is 0.875. The molecule has 0 heterocycles. The third kappa shape index (κ3) is 3.95. The summed E-state index contributed by atoms with van der Waals surface area (Å²) < 4.78 is 21.1. The van der Waals surface area contributed by atoms with Gasteiger partial charge in [-0.2, -0.15) is 0 Å². The smallest absolute Gasteiger partial charge is 0.395 e. The number of rotatable bonds is 4. The average molecular weight is 292 g/mol. The summed E-state index contributed by atoms with van der Waals surface area (Å²) in [6, 6.07) is 14.5. The normalized spacial score (nSPS) is 13.3. The molecule has 0 saturated heterocycles. The van der Waals surface area contributed by atoms with E-state index in [9.17, 15) is 14.3 Å². The SMILES string of the molecule is Cc1cccc(C(=O)OP(=O)(O)Oc2ccccc2)c1. The molecule has 1 unspecified atom stereocenters. The zero-order valence-corrected chi connectivity index (χ0v) is 11.6. The minimum atomic E-state index is -4.50. The molecule has 0 fully saturated rings. The van der Waals surface area contributed by atoms with E-state index in [0.717, 1.165) is 5.56 Å². The minimum absolute atomic E-state index is 0.148. The molecule has 1 atom stereocenters. The van der Waals surface area contributed by atoms with Crippen LogP contribution in [0, 0.1) is 6.92 Å². The molecule has 0 aromatic heterocycles. The van der Waals surface area contributed by atoms with Crippen molar-refractivity contribution in [2.45, 2.75) is 6.92 Å². The summed E-state index contributed by atoms with van der Waals surface area (Å²) in [7, 11) is -4.50. The number of hydrogen-bond acceptors (Lipinski definition) is 4. The van der Waals surface area contributed by atoms with Crippen LogP contribution in [0.1, 0.15) is 15.9 Å². The number of para-hydroxylation sites is 1. The summed E-state index contributed by atoms with van der Waals surface area (Å²) in [4.78, 5) is 21.3. The average Bonchev–Trinajstić information content (AvgIpc) is 2.38. The van der Waals surface area contributed by atoms with E-state index in [1.165, 1.54) is 18.2 Å². The van der Waals surface area contributed by atoms with Gasteiger partial charge in [-0.15, -0.1) is 0 Å². The highest BCUT2D eigenvalue weighted by atomic mass is 31.2. The Morgan fingerprint density at radius 2 is 1.80 bits per heavy atom. The van der Waals surface area contributed by atoms with Gasteiger partial charge in [0.2, 0.25) is 0 Å². The summed E-state index contributed by atoms with van der Waals surface area (Å²) >= 11 is 0. The Morgan fingerprint density at radius 3 is 2.45 bits per heavy atom. The van der Waals surface area contributed by atoms with E-state index >= 15 is 0 Å². The van der Waals surface area contributed by atoms with E-state index in [4.69, 9.17) is 4.52 Å². The van der Waals surface area contributed by atoms with Crippen LogP contribution in [0.5, 0.6) is 5.75 Å². The van der Waals surface area contributed by atoms with Crippen molar-refractivity contribution < 1.29 is 23.3 Å². The number of carbonyl (C=O) groups is 1. The van der Waals surface area contributed by atoms with Crippen LogP contribution >= 0.6 is 7.82 Å². The molecule has 20 heavy (non-hydrogen) atoms. The van der Waals surface area contributed by atoms with Crippen molar-refractivity contribution in [3.63, 3.8) is 0 Å². The summed E-state index contributed by atoms with van der Waals surface area (Å²) in [6.45, 7) is 1.80. The Labute approximate surface area is 116 Å². The molecule has 2 aromatic rings. The fourth-order valence-corrected chi connectivity index (χ4v) is 2.30. The lowest BCUT2D eigenvalue weighted by atomic mass is 10.1. The highest BCUT2D eigenvalue weighted by Gasteiger charge is 2.28. The first-order valence-corrected chi connectivity index (χ1v) is 7.34. The molecule has 2 rings (SSSR count). The Kier molecular flexibility index (Phi) is 4.23. The van der Waals surface area contributed by atoms with Crippen LogP contribution < -0.4 is 4.52 Å². The van der Waals surface area contributed by atoms with Gasteiger partial charge in [0.05, 0.1) is 5.56 Å². The van der Waals surface area contributed by atoms with Crippen molar-refractivity contribution in [3.05, 3.63) is 65.7 Å². The van der Waals surface area contributed by atoms with Gasteiger partial charge < -0.3 is 9.05 Å². The molecule has 0 bridgehead atoms. The number of phosphoric acid groups is 1. The third-order valence-electron chi connectivity index (χ3n) is 2.42. The molecule has 0 aliphatic rings. The standard InChI is InChI=1S/C14H13O5P/c1-11-6-5-7-12(10-11)14(15)19-20(16,17)18-13-8-3-2-4-9-13/h2-10H,1H3,(H,16,17). The van der Waals surface area contributed by atoms with Gasteiger partial charge in [0.1, 0.15) is 5.75 Å². The van der Waals surface area contributed by atoms with Crippen molar-refractivity contribution in [3.8, 4) is 5.75 Å². The second kappa shape index (κ2) is 5.90.